The van der Waals surface area contributed by atoms with E-state index in [1.54, 1.807) is 6.20 Å². The largest absolute Gasteiger partial charge is 0.447 e. The van der Waals surface area contributed by atoms with Gasteiger partial charge in [-0.05, 0) is 25.0 Å². The molecular weight excluding hydrogens is 464 g/mol. The molecule has 2 unspecified atom stereocenters. The normalized spacial score (nSPS) is 17.2. The van der Waals surface area contributed by atoms with E-state index in [1.165, 1.54) is 96.3 Å². The lowest BCUT2D eigenvalue weighted by molar-refractivity contribution is 0.0391. The molecule has 2 rings (SSSR count). The van der Waals surface area contributed by atoms with Gasteiger partial charge in [-0.15, -0.1) is 0 Å². The zero-order chi connectivity index (χ0) is 26.2. The Hall–Kier alpha value is -1.66. The summed E-state index contributed by atoms with van der Waals surface area (Å²) in [5.74, 6) is 0.395. The maximum atomic E-state index is 11.9. The van der Waals surface area contributed by atoms with Gasteiger partial charge in [0.2, 0.25) is 0 Å². The van der Waals surface area contributed by atoms with Crippen LogP contribution in [0.2, 0.25) is 0 Å². The molecule has 2 heterocycles. The lowest BCUT2D eigenvalue weighted by Gasteiger charge is -2.11. The number of aromatic nitrogens is 1. The van der Waals surface area contributed by atoms with Crippen molar-refractivity contribution in [3.8, 4) is 0 Å². The molecule has 1 aromatic rings. The highest BCUT2D eigenvalue weighted by Crippen LogP contribution is 2.20. The lowest BCUT2D eigenvalue weighted by Crippen LogP contribution is -2.27. The summed E-state index contributed by atoms with van der Waals surface area (Å²) in [6.07, 6.45) is 24.3. The minimum atomic E-state index is -0.433. The van der Waals surface area contributed by atoms with E-state index in [0.717, 1.165) is 31.7 Å². The molecule has 0 aromatic carbocycles. The van der Waals surface area contributed by atoms with E-state index >= 15 is 0 Å². The van der Waals surface area contributed by atoms with Crippen molar-refractivity contribution in [1.82, 2.24) is 10.3 Å². The number of nitrogens with one attached hydrogen (secondary N) is 1. The van der Waals surface area contributed by atoms with Crippen LogP contribution in [0.3, 0.4) is 0 Å². The smallest absolute Gasteiger partial charge is 0.407 e. The van der Waals surface area contributed by atoms with Crippen LogP contribution in [0.4, 0.5) is 4.79 Å². The van der Waals surface area contributed by atoms with Crippen LogP contribution in [-0.2, 0) is 20.8 Å². The van der Waals surface area contributed by atoms with Crippen LogP contribution < -0.4 is 5.32 Å². The average Bonchev–Trinajstić information content (AvgIpc) is 3.38. The molecule has 0 radical (unpaired) electrons. The first kappa shape index (κ1) is 31.6. The van der Waals surface area contributed by atoms with Crippen LogP contribution >= 0.6 is 0 Å². The van der Waals surface area contributed by atoms with Crippen molar-refractivity contribution in [1.29, 1.82) is 0 Å². The molecule has 6 heteroatoms. The number of rotatable bonds is 23. The fourth-order valence-corrected chi connectivity index (χ4v) is 4.90. The third-order valence-corrected chi connectivity index (χ3v) is 7.20. The summed E-state index contributed by atoms with van der Waals surface area (Å²) in [5, 5.41) is 2.72. The number of nitrogens with zero attached hydrogens (tertiary/aromatic N) is 1. The van der Waals surface area contributed by atoms with Gasteiger partial charge < -0.3 is 19.5 Å². The van der Waals surface area contributed by atoms with E-state index in [4.69, 9.17) is 14.2 Å². The van der Waals surface area contributed by atoms with Gasteiger partial charge in [0.25, 0.3) is 0 Å². The Morgan fingerprint density at radius 3 is 2.11 bits per heavy atom. The maximum absolute atomic E-state index is 11.9. The molecule has 6 nitrogen and oxygen atoms in total. The second kappa shape index (κ2) is 22.3. The SMILES string of the molecule is CCCCCCCCCCCCCCCCCCOCC1COC(COC(=O)NCc2ccccn2)C1. The fourth-order valence-electron chi connectivity index (χ4n) is 4.90. The summed E-state index contributed by atoms with van der Waals surface area (Å²) >= 11 is 0. The summed E-state index contributed by atoms with van der Waals surface area (Å²) in [7, 11) is 0. The van der Waals surface area contributed by atoms with Crippen molar-refractivity contribution in [2.75, 3.05) is 26.4 Å². The molecule has 0 spiro atoms. The predicted molar refractivity (Wildman–Crippen MR) is 151 cm³/mol. The second-order valence-corrected chi connectivity index (χ2v) is 10.7. The van der Waals surface area contributed by atoms with Gasteiger partial charge in [-0.25, -0.2) is 4.79 Å². The molecule has 2 atom stereocenters. The fraction of sp³-hybridized carbons (Fsp3) is 0.806. The Kier molecular flexibility index (Phi) is 19.0. The Morgan fingerprint density at radius 1 is 0.892 bits per heavy atom. The van der Waals surface area contributed by atoms with Gasteiger partial charge in [-0.3, -0.25) is 4.98 Å². The van der Waals surface area contributed by atoms with Crippen LogP contribution in [0.15, 0.2) is 24.4 Å². The van der Waals surface area contributed by atoms with Crippen LogP contribution in [-0.4, -0.2) is 43.6 Å². The number of carbonyl (C=O) groups excluding carboxylic acids is 1. The molecule has 1 N–H and O–H groups in total. The molecular formula is C31H54N2O4. The van der Waals surface area contributed by atoms with Gasteiger partial charge in [-0.1, -0.05) is 109 Å². The first-order valence-corrected chi connectivity index (χ1v) is 15.3. The van der Waals surface area contributed by atoms with Crippen molar-refractivity contribution in [2.45, 2.75) is 129 Å². The van der Waals surface area contributed by atoms with Crippen LogP contribution in [0.1, 0.15) is 122 Å². The number of pyridine rings is 1. The summed E-state index contributed by atoms with van der Waals surface area (Å²) in [4.78, 5) is 16.0. The van der Waals surface area contributed by atoms with Crippen LogP contribution in [0, 0.1) is 5.92 Å². The predicted octanol–water partition coefficient (Wildman–Crippen LogP) is 7.99. The van der Waals surface area contributed by atoms with Gasteiger partial charge in [0.15, 0.2) is 0 Å². The van der Waals surface area contributed by atoms with Gasteiger partial charge in [0.05, 0.1) is 31.6 Å². The molecule has 1 aliphatic rings. The van der Waals surface area contributed by atoms with Crippen molar-refractivity contribution in [3.63, 3.8) is 0 Å². The Labute approximate surface area is 226 Å². The van der Waals surface area contributed by atoms with Gasteiger partial charge in [0.1, 0.15) is 6.61 Å². The standard InChI is InChI=1S/C31H54N2O4/c1-2-3-4-5-6-7-8-9-10-11-12-13-14-15-16-19-22-35-25-28-23-30(36-26-28)27-37-31(34)33-24-29-20-17-18-21-32-29/h17-18,20-21,28,30H,2-16,19,22-27H2,1H3,(H,33,34). The van der Waals surface area contributed by atoms with Crippen molar-refractivity contribution in [3.05, 3.63) is 30.1 Å². The molecule has 0 bridgehead atoms. The Bertz CT molecular complexity index is 658. The number of amides is 1. The monoisotopic (exact) mass is 518 g/mol. The van der Waals surface area contributed by atoms with Gasteiger partial charge in [-0.2, -0.15) is 0 Å². The number of unbranched alkanes of at least 4 members (excludes halogenated alkanes) is 15. The highest BCUT2D eigenvalue weighted by Gasteiger charge is 2.26. The van der Waals surface area contributed by atoms with E-state index in [2.05, 4.69) is 17.2 Å². The lowest BCUT2D eigenvalue weighted by atomic mass is 10.0. The van der Waals surface area contributed by atoms with E-state index in [9.17, 15) is 4.79 Å². The summed E-state index contributed by atoms with van der Waals surface area (Å²) in [6.45, 7) is 5.19. The molecule has 0 saturated carbocycles. The zero-order valence-corrected chi connectivity index (χ0v) is 23.6. The number of ether oxygens (including phenoxy) is 3. The van der Waals surface area contributed by atoms with E-state index < -0.39 is 6.09 Å². The maximum Gasteiger partial charge on any atom is 0.407 e. The first-order chi connectivity index (χ1) is 18.3. The highest BCUT2D eigenvalue weighted by atomic mass is 16.6. The molecule has 0 aliphatic carbocycles. The van der Waals surface area contributed by atoms with Gasteiger partial charge in [0, 0.05) is 18.7 Å². The quantitative estimate of drug-likeness (QED) is 0.149. The van der Waals surface area contributed by atoms with Crippen molar-refractivity contribution >= 4 is 6.09 Å². The minimum Gasteiger partial charge on any atom is -0.447 e. The zero-order valence-electron chi connectivity index (χ0n) is 23.6. The third kappa shape index (κ3) is 17.5. The van der Waals surface area contributed by atoms with Crippen molar-refractivity contribution in [2.24, 2.45) is 5.92 Å². The van der Waals surface area contributed by atoms with Crippen LogP contribution in [0.5, 0.6) is 0 Å². The molecule has 1 amide bonds. The summed E-state index contributed by atoms with van der Waals surface area (Å²) in [6, 6.07) is 5.61. The first-order valence-electron chi connectivity index (χ1n) is 15.3. The molecule has 1 aromatic heterocycles. The van der Waals surface area contributed by atoms with Gasteiger partial charge >= 0.3 is 6.09 Å². The number of hydrogen-bond donors (Lipinski definition) is 1. The average molecular weight is 519 g/mol. The highest BCUT2D eigenvalue weighted by molar-refractivity contribution is 5.67. The van der Waals surface area contributed by atoms with E-state index in [1.807, 2.05) is 18.2 Å². The number of hydrogen-bond acceptors (Lipinski definition) is 5. The number of carbonyl (C=O) groups is 1. The number of alkyl carbamates (subject to hydrolysis) is 1. The summed E-state index contributed by atoms with van der Waals surface area (Å²) < 4.78 is 17.0. The van der Waals surface area contributed by atoms with Crippen LogP contribution in [0.25, 0.3) is 0 Å². The third-order valence-electron chi connectivity index (χ3n) is 7.20. The minimum absolute atomic E-state index is 0.0373. The molecule has 212 valence electrons. The summed E-state index contributed by atoms with van der Waals surface area (Å²) in [5.41, 5.74) is 0.804. The molecule has 1 aliphatic heterocycles. The van der Waals surface area contributed by atoms with E-state index in [-0.39, 0.29) is 12.7 Å². The molecule has 1 saturated heterocycles. The Balaban J connectivity index is 1.29. The Morgan fingerprint density at radius 2 is 1.51 bits per heavy atom. The molecule has 1 fully saturated rings. The molecule has 37 heavy (non-hydrogen) atoms. The topological polar surface area (TPSA) is 69.7 Å². The van der Waals surface area contributed by atoms with Crippen molar-refractivity contribution < 1.29 is 19.0 Å². The van der Waals surface area contributed by atoms with E-state index in [0.29, 0.717) is 19.1 Å². The second-order valence-electron chi connectivity index (χ2n) is 10.7.